The van der Waals surface area contributed by atoms with Gasteiger partial charge < -0.3 is 19.2 Å². The van der Waals surface area contributed by atoms with Crippen LogP contribution in [0.3, 0.4) is 0 Å². The largest absolute Gasteiger partial charge is 0.467 e. The number of aryl methyl sites for hydroxylation is 1. The average Bonchev–Trinajstić information content (AvgIpc) is 3.44. The van der Waals surface area contributed by atoms with Gasteiger partial charge in [0.05, 0.1) is 29.8 Å². The molecule has 1 aliphatic rings. The van der Waals surface area contributed by atoms with Gasteiger partial charge in [-0.3, -0.25) is 9.59 Å². The summed E-state index contributed by atoms with van der Waals surface area (Å²) in [4.78, 5) is 31.2. The standard InChI is InChI=1S/C23H28N4O3/c1-16(2)27-20-9-4-3-8-19(20)25-21(27)10-5-11-24-23(29)17-13-22(28)26(14-17)15-18-7-6-12-30-18/h3-4,6-9,12,16-17H,5,10-11,13-15H2,1-2H3,(H,24,29)/t17-/m1/s1. The summed E-state index contributed by atoms with van der Waals surface area (Å²) in [5.41, 5.74) is 2.15. The number of nitrogens with zero attached hydrogens (tertiary/aromatic N) is 3. The number of para-hydroxylation sites is 2. The summed E-state index contributed by atoms with van der Waals surface area (Å²) in [6.45, 7) is 5.74. The Morgan fingerprint density at radius 2 is 2.10 bits per heavy atom. The minimum atomic E-state index is -0.298. The van der Waals surface area contributed by atoms with Gasteiger partial charge in [0, 0.05) is 32.0 Å². The number of hydrogen-bond donors (Lipinski definition) is 1. The average molecular weight is 409 g/mol. The maximum absolute atomic E-state index is 12.5. The van der Waals surface area contributed by atoms with Crippen molar-refractivity contribution in [1.82, 2.24) is 19.8 Å². The second-order valence-electron chi connectivity index (χ2n) is 8.13. The molecule has 1 aliphatic heterocycles. The highest BCUT2D eigenvalue weighted by Crippen LogP contribution is 2.22. The number of nitrogens with one attached hydrogen (secondary N) is 1. The third-order valence-electron chi connectivity index (χ3n) is 5.57. The predicted molar refractivity (Wildman–Crippen MR) is 114 cm³/mol. The van der Waals surface area contributed by atoms with Crippen molar-refractivity contribution in [2.75, 3.05) is 13.1 Å². The van der Waals surface area contributed by atoms with E-state index in [4.69, 9.17) is 9.40 Å². The lowest BCUT2D eigenvalue weighted by atomic mass is 10.1. The molecule has 1 N–H and O–H groups in total. The Balaban J connectivity index is 1.28. The van der Waals surface area contributed by atoms with Gasteiger partial charge in [0.2, 0.25) is 11.8 Å². The minimum absolute atomic E-state index is 0.00259. The molecule has 2 aromatic heterocycles. The van der Waals surface area contributed by atoms with E-state index in [1.807, 2.05) is 24.3 Å². The third-order valence-corrected chi connectivity index (χ3v) is 5.57. The number of furan rings is 1. The van der Waals surface area contributed by atoms with E-state index in [-0.39, 0.29) is 24.2 Å². The van der Waals surface area contributed by atoms with Crippen molar-refractivity contribution in [3.05, 3.63) is 54.2 Å². The molecule has 1 aromatic carbocycles. The van der Waals surface area contributed by atoms with Crippen LogP contribution in [0.5, 0.6) is 0 Å². The Hall–Kier alpha value is -3.09. The van der Waals surface area contributed by atoms with Crippen LogP contribution in [0.2, 0.25) is 0 Å². The Morgan fingerprint density at radius 3 is 2.87 bits per heavy atom. The van der Waals surface area contributed by atoms with E-state index in [0.717, 1.165) is 35.5 Å². The van der Waals surface area contributed by atoms with Gasteiger partial charge in [0.25, 0.3) is 0 Å². The molecule has 3 aromatic rings. The minimum Gasteiger partial charge on any atom is -0.467 e. The third kappa shape index (κ3) is 4.25. The van der Waals surface area contributed by atoms with Crippen molar-refractivity contribution in [3.63, 3.8) is 0 Å². The highest BCUT2D eigenvalue weighted by molar-refractivity contribution is 5.89. The van der Waals surface area contributed by atoms with Crippen molar-refractivity contribution < 1.29 is 14.0 Å². The number of imidazole rings is 1. The molecule has 0 saturated carbocycles. The molecule has 1 atom stereocenters. The molecule has 1 fully saturated rings. The van der Waals surface area contributed by atoms with Crippen LogP contribution < -0.4 is 5.32 Å². The Bertz CT molecular complexity index is 1020. The van der Waals surface area contributed by atoms with E-state index in [9.17, 15) is 9.59 Å². The first kappa shape index (κ1) is 20.2. The van der Waals surface area contributed by atoms with Crippen molar-refractivity contribution in [3.8, 4) is 0 Å². The molecular weight excluding hydrogens is 380 g/mol. The van der Waals surface area contributed by atoms with E-state index in [1.54, 1.807) is 17.2 Å². The van der Waals surface area contributed by atoms with Crippen LogP contribution >= 0.6 is 0 Å². The summed E-state index contributed by atoms with van der Waals surface area (Å²) < 4.78 is 7.57. The van der Waals surface area contributed by atoms with Crippen molar-refractivity contribution >= 4 is 22.8 Å². The van der Waals surface area contributed by atoms with Crippen molar-refractivity contribution in [2.24, 2.45) is 5.92 Å². The lowest BCUT2D eigenvalue weighted by Gasteiger charge is -2.15. The van der Waals surface area contributed by atoms with E-state index in [2.05, 4.69) is 29.8 Å². The first-order chi connectivity index (χ1) is 14.5. The molecular formula is C23H28N4O3. The van der Waals surface area contributed by atoms with E-state index in [1.165, 1.54) is 0 Å². The van der Waals surface area contributed by atoms with Crippen molar-refractivity contribution in [1.29, 1.82) is 0 Å². The number of aromatic nitrogens is 2. The fourth-order valence-corrected chi connectivity index (χ4v) is 4.14. The Kier molecular flexibility index (Phi) is 5.88. The molecule has 0 spiro atoms. The van der Waals surface area contributed by atoms with Gasteiger partial charge in [-0.1, -0.05) is 12.1 Å². The summed E-state index contributed by atoms with van der Waals surface area (Å²) in [5.74, 6) is 1.42. The monoisotopic (exact) mass is 408 g/mol. The van der Waals surface area contributed by atoms with E-state index < -0.39 is 0 Å². The number of benzene rings is 1. The normalized spacial score (nSPS) is 16.7. The number of carbonyl (C=O) groups excluding carboxylic acids is 2. The summed E-state index contributed by atoms with van der Waals surface area (Å²) in [6.07, 6.45) is 3.45. The topological polar surface area (TPSA) is 80.4 Å². The highest BCUT2D eigenvalue weighted by atomic mass is 16.3. The zero-order valence-electron chi connectivity index (χ0n) is 17.5. The van der Waals surface area contributed by atoms with Crippen LogP contribution in [0.4, 0.5) is 0 Å². The zero-order chi connectivity index (χ0) is 21.1. The maximum atomic E-state index is 12.5. The SMILES string of the molecule is CC(C)n1c(CCCNC(=O)[C@@H]2CC(=O)N(Cc3ccco3)C2)nc2ccccc21. The van der Waals surface area contributed by atoms with Crippen molar-refractivity contribution in [2.45, 2.75) is 45.7 Å². The summed E-state index contributed by atoms with van der Waals surface area (Å²) in [6, 6.07) is 12.1. The van der Waals surface area contributed by atoms with E-state index >= 15 is 0 Å². The lowest BCUT2D eigenvalue weighted by molar-refractivity contribution is -0.129. The summed E-state index contributed by atoms with van der Waals surface area (Å²) in [5, 5.41) is 3.00. The molecule has 1 saturated heterocycles. The molecule has 0 bridgehead atoms. The number of hydrogen-bond acceptors (Lipinski definition) is 4. The van der Waals surface area contributed by atoms with Gasteiger partial charge in [0.1, 0.15) is 11.6 Å². The molecule has 3 heterocycles. The molecule has 2 amide bonds. The van der Waals surface area contributed by atoms with Crippen LogP contribution in [0, 0.1) is 5.92 Å². The Morgan fingerprint density at radius 1 is 1.27 bits per heavy atom. The number of amides is 2. The van der Waals surface area contributed by atoms with Gasteiger partial charge in [-0.15, -0.1) is 0 Å². The number of rotatable bonds is 8. The Labute approximate surface area is 176 Å². The second kappa shape index (κ2) is 8.73. The smallest absolute Gasteiger partial charge is 0.225 e. The van der Waals surface area contributed by atoms with Gasteiger partial charge in [0.15, 0.2) is 0 Å². The fourth-order valence-electron chi connectivity index (χ4n) is 4.14. The number of fused-ring (bicyclic) bond motifs is 1. The number of likely N-dealkylation sites (tertiary alicyclic amines) is 1. The van der Waals surface area contributed by atoms with Crippen LogP contribution in [-0.2, 0) is 22.6 Å². The molecule has 7 heteroatoms. The highest BCUT2D eigenvalue weighted by Gasteiger charge is 2.34. The van der Waals surface area contributed by atoms with Crippen LogP contribution in [0.25, 0.3) is 11.0 Å². The van der Waals surface area contributed by atoms with Gasteiger partial charge >= 0.3 is 0 Å². The molecule has 0 unspecified atom stereocenters. The molecule has 158 valence electrons. The van der Waals surface area contributed by atoms with Gasteiger partial charge in [-0.2, -0.15) is 0 Å². The van der Waals surface area contributed by atoms with Gasteiger partial charge in [-0.05, 0) is 44.5 Å². The van der Waals surface area contributed by atoms with Crippen LogP contribution in [0.15, 0.2) is 47.1 Å². The first-order valence-electron chi connectivity index (χ1n) is 10.6. The molecule has 0 radical (unpaired) electrons. The number of carbonyl (C=O) groups is 2. The first-order valence-corrected chi connectivity index (χ1v) is 10.6. The fraction of sp³-hybridized carbons (Fsp3) is 0.435. The molecule has 30 heavy (non-hydrogen) atoms. The van der Waals surface area contributed by atoms with Crippen LogP contribution in [-0.4, -0.2) is 39.4 Å². The molecule has 0 aliphatic carbocycles. The van der Waals surface area contributed by atoms with Gasteiger partial charge in [-0.25, -0.2) is 4.98 Å². The summed E-state index contributed by atoms with van der Waals surface area (Å²) in [7, 11) is 0. The van der Waals surface area contributed by atoms with Crippen LogP contribution in [0.1, 0.15) is 44.3 Å². The summed E-state index contributed by atoms with van der Waals surface area (Å²) >= 11 is 0. The molecule has 4 rings (SSSR count). The second-order valence-corrected chi connectivity index (χ2v) is 8.13. The molecule has 7 nitrogen and oxygen atoms in total. The van der Waals surface area contributed by atoms with E-state index in [0.29, 0.717) is 25.7 Å². The zero-order valence-corrected chi connectivity index (χ0v) is 17.5. The quantitative estimate of drug-likeness (QED) is 0.580. The predicted octanol–water partition coefficient (Wildman–Crippen LogP) is 3.31. The maximum Gasteiger partial charge on any atom is 0.225 e. The lowest BCUT2D eigenvalue weighted by Crippen LogP contribution is -2.33.